The van der Waals surface area contributed by atoms with Crippen molar-refractivity contribution in [2.45, 2.75) is 23.8 Å². The quantitative estimate of drug-likeness (QED) is 0.716. The minimum Gasteiger partial charge on any atom is -0.481 e. The number of aryl methyl sites for hydroxylation is 1. The topological polar surface area (TPSA) is 87.2 Å². The van der Waals surface area contributed by atoms with Crippen molar-refractivity contribution in [3.05, 3.63) is 54.1 Å². The van der Waals surface area contributed by atoms with Gasteiger partial charge in [0.15, 0.2) is 0 Å². The number of carboxylic acids is 1. The molecule has 0 radical (unpaired) electrons. The number of hydrogen-bond acceptors (Lipinski definition) is 4. The van der Waals surface area contributed by atoms with Crippen LogP contribution in [0.2, 0.25) is 0 Å². The molecule has 0 aromatic heterocycles. The zero-order valence-electron chi connectivity index (χ0n) is 14.5. The van der Waals surface area contributed by atoms with Gasteiger partial charge in [0.25, 0.3) is 0 Å². The van der Waals surface area contributed by atoms with Gasteiger partial charge in [0.05, 0.1) is 17.6 Å². The first-order chi connectivity index (χ1) is 12.4. The molecule has 3 rings (SSSR count). The molecule has 1 unspecified atom stereocenters. The van der Waals surface area contributed by atoms with E-state index in [4.69, 9.17) is 9.84 Å². The molecular weight excluding hydrogens is 354 g/mol. The fraction of sp³-hybridized carbons (Fsp3) is 0.316. The van der Waals surface area contributed by atoms with Crippen molar-refractivity contribution in [3.63, 3.8) is 0 Å². The van der Waals surface area contributed by atoms with Crippen LogP contribution in [0.3, 0.4) is 0 Å². The lowest BCUT2D eigenvalue weighted by atomic mass is 10.0. The maximum atomic E-state index is 12.7. The van der Waals surface area contributed by atoms with Crippen LogP contribution in [0.1, 0.15) is 12.0 Å². The number of carboxylic acid groups (broad SMARTS) is 1. The molecule has 1 aliphatic rings. The SMILES string of the molecule is CN(CC1CO1)S(=O)(=O)c1cccc(-c2cccc(CCC(=O)O)c2)c1. The molecular formula is C19H21NO5S. The van der Waals surface area contributed by atoms with Gasteiger partial charge in [-0.15, -0.1) is 0 Å². The Morgan fingerprint density at radius 3 is 2.50 bits per heavy atom. The van der Waals surface area contributed by atoms with Crippen LogP contribution in [-0.4, -0.2) is 50.1 Å². The Balaban J connectivity index is 1.85. The molecule has 2 aromatic carbocycles. The first-order valence-electron chi connectivity index (χ1n) is 8.35. The third kappa shape index (κ3) is 4.49. The van der Waals surface area contributed by atoms with Crippen LogP contribution in [0, 0.1) is 0 Å². The number of likely N-dealkylation sites (N-methyl/N-ethyl adjacent to an activating group) is 1. The maximum Gasteiger partial charge on any atom is 0.303 e. The smallest absolute Gasteiger partial charge is 0.303 e. The van der Waals surface area contributed by atoms with E-state index in [1.165, 1.54) is 4.31 Å². The highest BCUT2D eigenvalue weighted by molar-refractivity contribution is 7.89. The number of carbonyl (C=O) groups is 1. The summed E-state index contributed by atoms with van der Waals surface area (Å²) >= 11 is 0. The summed E-state index contributed by atoms with van der Waals surface area (Å²) in [5.41, 5.74) is 2.54. The molecule has 2 aromatic rings. The number of rotatable bonds is 8. The zero-order chi connectivity index (χ0) is 18.7. The van der Waals surface area contributed by atoms with E-state index in [1.807, 2.05) is 30.3 Å². The fourth-order valence-corrected chi connectivity index (χ4v) is 3.98. The second-order valence-electron chi connectivity index (χ2n) is 6.36. The number of hydrogen-bond donors (Lipinski definition) is 1. The molecule has 1 saturated heterocycles. The van der Waals surface area contributed by atoms with Gasteiger partial charge in [-0.1, -0.05) is 36.4 Å². The van der Waals surface area contributed by atoms with Crippen LogP contribution in [0.15, 0.2) is 53.4 Å². The van der Waals surface area contributed by atoms with Gasteiger partial charge in [-0.2, -0.15) is 4.31 Å². The van der Waals surface area contributed by atoms with E-state index in [0.29, 0.717) is 19.6 Å². The lowest BCUT2D eigenvalue weighted by molar-refractivity contribution is -0.136. The van der Waals surface area contributed by atoms with Crippen LogP contribution < -0.4 is 0 Å². The normalized spacial score (nSPS) is 16.6. The van der Waals surface area contributed by atoms with Crippen molar-refractivity contribution < 1.29 is 23.1 Å². The van der Waals surface area contributed by atoms with Gasteiger partial charge in [0, 0.05) is 20.0 Å². The van der Waals surface area contributed by atoms with E-state index in [9.17, 15) is 13.2 Å². The molecule has 26 heavy (non-hydrogen) atoms. The lowest BCUT2D eigenvalue weighted by Gasteiger charge is -2.16. The predicted octanol–water partition coefficient (Wildman–Crippen LogP) is 2.39. The predicted molar refractivity (Wildman–Crippen MR) is 97.4 cm³/mol. The molecule has 1 N–H and O–H groups in total. The van der Waals surface area contributed by atoms with Crippen LogP contribution >= 0.6 is 0 Å². The van der Waals surface area contributed by atoms with Crippen LogP contribution in [0.25, 0.3) is 11.1 Å². The van der Waals surface area contributed by atoms with E-state index in [-0.39, 0.29) is 17.4 Å². The summed E-state index contributed by atoms with van der Waals surface area (Å²) in [6.07, 6.45) is 0.487. The van der Waals surface area contributed by atoms with Crippen molar-refractivity contribution in [1.82, 2.24) is 4.31 Å². The molecule has 0 aliphatic carbocycles. The van der Waals surface area contributed by atoms with Crippen LogP contribution in [-0.2, 0) is 26.0 Å². The molecule has 1 atom stereocenters. The fourth-order valence-electron chi connectivity index (χ4n) is 2.73. The van der Waals surface area contributed by atoms with Gasteiger partial charge in [-0.05, 0) is 35.2 Å². The highest BCUT2D eigenvalue weighted by Crippen LogP contribution is 2.26. The van der Waals surface area contributed by atoms with E-state index in [2.05, 4.69) is 0 Å². The Hall–Kier alpha value is -2.22. The molecule has 1 fully saturated rings. The third-order valence-electron chi connectivity index (χ3n) is 4.29. The summed E-state index contributed by atoms with van der Waals surface area (Å²) in [4.78, 5) is 11.0. The van der Waals surface area contributed by atoms with Crippen molar-refractivity contribution in [3.8, 4) is 11.1 Å². The Morgan fingerprint density at radius 2 is 1.85 bits per heavy atom. The molecule has 1 aliphatic heterocycles. The van der Waals surface area contributed by atoms with Gasteiger partial charge in [0.2, 0.25) is 10.0 Å². The monoisotopic (exact) mass is 375 g/mol. The Labute approximate surface area is 153 Å². The number of benzene rings is 2. The van der Waals surface area contributed by atoms with Gasteiger partial charge >= 0.3 is 5.97 Å². The Bertz CT molecular complexity index is 906. The van der Waals surface area contributed by atoms with E-state index >= 15 is 0 Å². The molecule has 138 valence electrons. The first kappa shape index (κ1) is 18.6. The molecule has 0 amide bonds. The number of aliphatic carboxylic acids is 1. The largest absolute Gasteiger partial charge is 0.481 e. The lowest BCUT2D eigenvalue weighted by Crippen LogP contribution is -2.30. The van der Waals surface area contributed by atoms with Crippen molar-refractivity contribution in [1.29, 1.82) is 0 Å². The van der Waals surface area contributed by atoms with Crippen molar-refractivity contribution in [2.24, 2.45) is 0 Å². The van der Waals surface area contributed by atoms with E-state index in [1.54, 1.807) is 25.2 Å². The van der Waals surface area contributed by atoms with Gasteiger partial charge in [-0.3, -0.25) is 4.79 Å². The maximum absolute atomic E-state index is 12.7. The summed E-state index contributed by atoms with van der Waals surface area (Å²) in [6.45, 7) is 0.945. The second-order valence-corrected chi connectivity index (χ2v) is 8.41. The summed E-state index contributed by atoms with van der Waals surface area (Å²) < 4.78 is 31.9. The van der Waals surface area contributed by atoms with Gasteiger partial charge < -0.3 is 9.84 Å². The Morgan fingerprint density at radius 1 is 1.19 bits per heavy atom. The molecule has 1 heterocycles. The molecule has 0 saturated carbocycles. The molecule has 7 heteroatoms. The molecule has 0 spiro atoms. The number of nitrogens with zero attached hydrogens (tertiary/aromatic N) is 1. The average Bonchev–Trinajstić information content (AvgIpc) is 3.44. The van der Waals surface area contributed by atoms with E-state index < -0.39 is 16.0 Å². The summed E-state index contributed by atoms with van der Waals surface area (Å²) in [7, 11) is -2.03. The standard InChI is InChI=1S/C19H21NO5S/c1-20(12-17-13-25-17)26(23,24)18-7-3-6-16(11-18)15-5-2-4-14(10-15)8-9-19(21)22/h2-7,10-11,17H,8-9,12-13H2,1H3,(H,21,22). The van der Waals surface area contributed by atoms with Crippen molar-refractivity contribution in [2.75, 3.05) is 20.2 Å². The summed E-state index contributed by atoms with van der Waals surface area (Å²) in [5.74, 6) is -0.842. The average molecular weight is 375 g/mol. The van der Waals surface area contributed by atoms with E-state index in [0.717, 1.165) is 16.7 Å². The number of epoxide rings is 1. The van der Waals surface area contributed by atoms with Gasteiger partial charge in [-0.25, -0.2) is 8.42 Å². The summed E-state index contributed by atoms with van der Waals surface area (Å²) in [5, 5.41) is 8.83. The van der Waals surface area contributed by atoms with Gasteiger partial charge in [0.1, 0.15) is 0 Å². The molecule has 0 bridgehead atoms. The highest BCUT2D eigenvalue weighted by atomic mass is 32.2. The zero-order valence-corrected chi connectivity index (χ0v) is 15.3. The van der Waals surface area contributed by atoms with Crippen LogP contribution in [0.4, 0.5) is 0 Å². The Kier molecular flexibility index (Phi) is 5.41. The number of sulfonamides is 1. The highest BCUT2D eigenvalue weighted by Gasteiger charge is 2.30. The second kappa shape index (κ2) is 7.57. The minimum absolute atomic E-state index is 0.0103. The third-order valence-corrected chi connectivity index (χ3v) is 6.11. The first-order valence-corrected chi connectivity index (χ1v) is 9.79. The summed E-state index contributed by atoms with van der Waals surface area (Å²) in [6, 6.07) is 14.3. The van der Waals surface area contributed by atoms with Crippen LogP contribution in [0.5, 0.6) is 0 Å². The minimum atomic E-state index is -3.58. The van der Waals surface area contributed by atoms with Crippen molar-refractivity contribution >= 4 is 16.0 Å². The number of ether oxygens (including phenoxy) is 1. The molecule has 6 nitrogen and oxygen atoms in total.